The highest BCUT2D eigenvalue weighted by Gasteiger charge is 2.33. The number of hydrogen-bond acceptors (Lipinski definition) is 3. The lowest BCUT2D eigenvalue weighted by Gasteiger charge is -2.31. The summed E-state index contributed by atoms with van der Waals surface area (Å²) in [6.07, 6.45) is 1.67. The molecule has 4 nitrogen and oxygen atoms in total. The maximum Gasteiger partial charge on any atom is 0.323 e. The topological polar surface area (TPSA) is 54.1 Å². The van der Waals surface area contributed by atoms with E-state index in [4.69, 9.17) is 4.74 Å². The highest BCUT2D eigenvalue weighted by atomic mass is 16.5. The van der Waals surface area contributed by atoms with Gasteiger partial charge in [-0.05, 0) is 24.0 Å². The molecule has 2 aromatic rings. The second-order valence-corrected chi connectivity index (χ2v) is 6.19. The highest BCUT2D eigenvalue weighted by molar-refractivity contribution is 5.87. The van der Waals surface area contributed by atoms with Crippen LogP contribution in [0.1, 0.15) is 37.6 Å². The van der Waals surface area contributed by atoms with Gasteiger partial charge in [-0.1, -0.05) is 32.0 Å². The Morgan fingerprint density at radius 3 is 2.86 bits per heavy atom. The van der Waals surface area contributed by atoms with Gasteiger partial charge in [0.15, 0.2) is 0 Å². The average Bonchev–Trinajstić information content (AvgIpc) is 2.85. The third kappa shape index (κ3) is 2.56. The summed E-state index contributed by atoms with van der Waals surface area (Å²) in [4.78, 5) is 15.5. The minimum atomic E-state index is -0.259. The Morgan fingerprint density at radius 2 is 2.14 bits per heavy atom. The molecular formula is C17H22N2O2. The van der Waals surface area contributed by atoms with Crippen LogP contribution in [0.5, 0.6) is 0 Å². The Morgan fingerprint density at radius 1 is 1.38 bits per heavy atom. The number of esters is 1. The minimum Gasteiger partial charge on any atom is -0.468 e. The summed E-state index contributed by atoms with van der Waals surface area (Å²) in [5.74, 6) is 0.373. The summed E-state index contributed by atoms with van der Waals surface area (Å²) in [5, 5.41) is 4.67. The molecule has 1 aliphatic heterocycles. The van der Waals surface area contributed by atoms with Gasteiger partial charge in [-0.15, -0.1) is 0 Å². The molecule has 0 aliphatic carbocycles. The number of rotatable bonds is 3. The molecule has 4 heteroatoms. The predicted molar refractivity (Wildman–Crippen MR) is 83.1 cm³/mol. The van der Waals surface area contributed by atoms with Crippen LogP contribution in [0.25, 0.3) is 10.9 Å². The molecule has 21 heavy (non-hydrogen) atoms. The minimum absolute atomic E-state index is 0.172. The molecule has 1 aromatic heterocycles. The van der Waals surface area contributed by atoms with E-state index in [-0.39, 0.29) is 18.1 Å². The monoisotopic (exact) mass is 286 g/mol. The van der Waals surface area contributed by atoms with E-state index in [1.54, 1.807) is 0 Å². The Kier molecular flexibility index (Phi) is 3.72. The maximum atomic E-state index is 12.0. The molecule has 0 amide bonds. The number of ether oxygens (including phenoxy) is 1. The number of H-pyrrole nitrogens is 1. The van der Waals surface area contributed by atoms with Gasteiger partial charge >= 0.3 is 5.97 Å². The summed E-state index contributed by atoms with van der Waals surface area (Å²) >= 11 is 0. The van der Waals surface area contributed by atoms with Gasteiger partial charge in [-0.2, -0.15) is 0 Å². The Bertz CT molecular complexity index is 660. The van der Waals surface area contributed by atoms with Crippen molar-refractivity contribution in [3.8, 4) is 0 Å². The zero-order valence-electron chi connectivity index (χ0n) is 12.8. The summed E-state index contributed by atoms with van der Waals surface area (Å²) < 4.78 is 4.94. The molecule has 0 saturated heterocycles. The number of para-hydroxylation sites is 1. The maximum absolute atomic E-state index is 12.0. The van der Waals surface area contributed by atoms with Crippen molar-refractivity contribution < 1.29 is 9.53 Å². The lowest BCUT2D eigenvalue weighted by molar-refractivity contribution is -0.143. The summed E-state index contributed by atoms with van der Waals surface area (Å²) in [6.45, 7) is 4.40. The first kappa shape index (κ1) is 14.1. The van der Waals surface area contributed by atoms with E-state index in [1.807, 2.05) is 12.1 Å². The lowest BCUT2D eigenvalue weighted by atomic mass is 9.90. The van der Waals surface area contributed by atoms with Crippen LogP contribution in [0.4, 0.5) is 0 Å². The SMILES string of the molecule is COC(=O)C1Cc2c([nH]c3ccccc23)[C@H](CC(C)C)N1. The standard InChI is InChI=1S/C17H22N2O2/c1-10(2)8-14-16-12(9-15(18-14)17(20)21-3)11-6-4-5-7-13(11)19-16/h4-7,10,14-15,18-19H,8-9H2,1-3H3/t14-,15?/m0/s1. The number of fused-ring (bicyclic) bond motifs is 3. The van der Waals surface area contributed by atoms with Gasteiger partial charge in [0.1, 0.15) is 6.04 Å². The molecule has 0 fully saturated rings. The average molecular weight is 286 g/mol. The summed E-state index contributed by atoms with van der Waals surface area (Å²) in [7, 11) is 1.45. The van der Waals surface area contributed by atoms with Crippen molar-refractivity contribution >= 4 is 16.9 Å². The number of nitrogens with one attached hydrogen (secondary N) is 2. The molecule has 2 atom stereocenters. The van der Waals surface area contributed by atoms with Crippen molar-refractivity contribution in [2.75, 3.05) is 7.11 Å². The molecule has 2 heterocycles. The third-order valence-electron chi connectivity index (χ3n) is 4.20. The van der Waals surface area contributed by atoms with Gasteiger partial charge in [-0.25, -0.2) is 0 Å². The molecule has 2 N–H and O–H groups in total. The molecule has 0 bridgehead atoms. The van der Waals surface area contributed by atoms with Crippen molar-refractivity contribution in [2.45, 2.75) is 38.8 Å². The van der Waals surface area contributed by atoms with E-state index in [1.165, 1.54) is 23.8 Å². The van der Waals surface area contributed by atoms with Crippen LogP contribution in [-0.4, -0.2) is 24.1 Å². The lowest BCUT2D eigenvalue weighted by Crippen LogP contribution is -2.45. The van der Waals surface area contributed by atoms with Crippen molar-refractivity contribution in [1.82, 2.24) is 10.3 Å². The van der Waals surface area contributed by atoms with Crippen LogP contribution in [-0.2, 0) is 16.0 Å². The van der Waals surface area contributed by atoms with Crippen LogP contribution in [0.15, 0.2) is 24.3 Å². The fourth-order valence-corrected chi connectivity index (χ4v) is 3.28. The molecule has 0 radical (unpaired) electrons. The van der Waals surface area contributed by atoms with E-state index >= 15 is 0 Å². The summed E-state index contributed by atoms with van der Waals surface area (Å²) in [6, 6.07) is 8.20. The summed E-state index contributed by atoms with van der Waals surface area (Å²) in [5.41, 5.74) is 3.62. The zero-order valence-corrected chi connectivity index (χ0v) is 12.8. The van der Waals surface area contributed by atoms with Crippen molar-refractivity contribution in [2.24, 2.45) is 5.92 Å². The Hall–Kier alpha value is -1.81. The van der Waals surface area contributed by atoms with Crippen molar-refractivity contribution in [1.29, 1.82) is 0 Å². The largest absolute Gasteiger partial charge is 0.468 e. The highest BCUT2D eigenvalue weighted by Crippen LogP contribution is 2.34. The first-order valence-electron chi connectivity index (χ1n) is 7.53. The smallest absolute Gasteiger partial charge is 0.323 e. The zero-order chi connectivity index (χ0) is 15.0. The van der Waals surface area contributed by atoms with Crippen LogP contribution >= 0.6 is 0 Å². The molecule has 1 unspecified atom stereocenters. The van der Waals surface area contributed by atoms with E-state index in [0.717, 1.165) is 11.9 Å². The van der Waals surface area contributed by atoms with Crippen molar-refractivity contribution in [3.05, 3.63) is 35.5 Å². The van der Waals surface area contributed by atoms with Gasteiger partial charge < -0.3 is 9.72 Å². The number of methoxy groups -OCH3 is 1. The molecule has 112 valence electrons. The van der Waals surface area contributed by atoms with E-state index in [9.17, 15) is 4.79 Å². The van der Waals surface area contributed by atoms with E-state index in [2.05, 4.69) is 36.3 Å². The van der Waals surface area contributed by atoms with E-state index < -0.39 is 0 Å². The predicted octanol–water partition coefficient (Wildman–Crippen LogP) is 2.94. The quantitative estimate of drug-likeness (QED) is 0.853. The van der Waals surface area contributed by atoms with Gasteiger partial charge in [0.2, 0.25) is 0 Å². The molecule has 0 saturated carbocycles. The molecule has 0 spiro atoms. The molecule has 3 rings (SSSR count). The Balaban J connectivity index is 2.05. The van der Waals surface area contributed by atoms with Crippen LogP contribution in [0.3, 0.4) is 0 Å². The van der Waals surface area contributed by atoms with E-state index in [0.29, 0.717) is 12.3 Å². The van der Waals surface area contributed by atoms with Crippen molar-refractivity contribution in [3.63, 3.8) is 0 Å². The van der Waals surface area contributed by atoms with Crippen LogP contribution in [0, 0.1) is 5.92 Å². The normalized spacial score (nSPS) is 21.5. The first-order valence-corrected chi connectivity index (χ1v) is 7.53. The number of aromatic amines is 1. The molecule has 1 aliphatic rings. The Labute approximate surface area is 124 Å². The fourth-order valence-electron chi connectivity index (χ4n) is 3.28. The van der Waals surface area contributed by atoms with Gasteiger partial charge in [0.05, 0.1) is 7.11 Å². The second kappa shape index (κ2) is 5.53. The number of hydrogen-bond donors (Lipinski definition) is 2. The van der Waals surface area contributed by atoms with Crippen LogP contribution < -0.4 is 5.32 Å². The van der Waals surface area contributed by atoms with Gasteiger partial charge in [-0.3, -0.25) is 10.1 Å². The third-order valence-corrected chi connectivity index (χ3v) is 4.20. The van der Waals surface area contributed by atoms with Gasteiger partial charge in [0.25, 0.3) is 0 Å². The van der Waals surface area contributed by atoms with Crippen LogP contribution in [0.2, 0.25) is 0 Å². The second-order valence-electron chi connectivity index (χ2n) is 6.19. The number of benzene rings is 1. The fraction of sp³-hybridized carbons (Fsp3) is 0.471. The van der Waals surface area contributed by atoms with Gasteiger partial charge in [0, 0.05) is 29.1 Å². The number of aromatic nitrogens is 1. The molecular weight excluding hydrogens is 264 g/mol. The first-order chi connectivity index (χ1) is 10.1. The number of carbonyl (C=O) groups excluding carboxylic acids is 1. The number of carbonyl (C=O) groups is 1. The molecule has 1 aromatic carbocycles.